The van der Waals surface area contributed by atoms with Gasteiger partial charge in [-0.3, -0.25) is 9.59 Å². The van der Waals surface area contributed by atoms with Crippen LogP contribution in [0.4, 0.5) is 5.69 Å². The van der Waals surface area contributed by atoms with Gasteiger partial charge in [-0.25, -0.2) is 0 Å². The normalized spacial score (nSPS) is 14.2. The topological polar surface area (TPSA) is 84.4 Å². The Kier molecular flexibility index (Phi) is 6.80. The first-order valence-corrected chi connectivity index (χ1v) is 11.5. The van der Waals surface area contributed by atoms with Gasteiger partial charge in [-0.15, -0.1) is 10.2 Å². The Labute approximate surface area is 191 Å². The average Bonchev–Trinajstić information content (AvgIpc) is 3.30. The van der Waals surface area contributed by atoms with Crippen molar-refractivity contribution in [2.75, 3.05) is 25.0 Å². The summed E-state index contributed by atoms with van der Waals surface area (Å²) in [4.78, 5) is 26.9. The fourth-order valence-corrected chi connectivity index (χ4v) is 4.61. The number of aryl methyl sites for hydroxylation is 2. The number of hydrogen-bond acceptors (Lipinski definition) is 6. The largest absolute Gasteiger partial charge is 0.484 e. The molecule has 0 bridgehead atoms. The van der Waals surface area contributed by atoms with E-state index in [1.165, 1.54) is 11.3 Å². The molecular weight excluding hydrogens is 424 g/mol. The van der Waals surface area contributed by atoms with Gasteiger partial charge < -0.3 is 15.0 Å². The van der Waals surface area contributed by atoms with Crippen molar-refractivity contribution >= 4 is 28.8 Å². The van der Waals surface area contributed by atoms with E-state index in [0.717, 1.165) is 34.7 Å². The molecule has 0 spiro atoms. The predicted molar refractivity (Wildman–Crippen MR) is 124 cm³/mol. The number of carbonyl (C=O) groups excluding carboxylic acids is 2. The number of carbonyl (C=O) groups is 2. The van der Waals surface area contributed by atoms with Crippen LogP contribution in [0.15, 0.2) is 48.5 Å². The molecule has 0 aliphatic carbocycles. The van der Waals surface area contributed by atoms with Gasteiger partial charge in [0, 0.05) is 24.7 Å². The van der Waals surface area contributed by atoms with Crippen LogP contribution >= 0.6 is 11.3 Å². The number of likely N-dealkylation sites (tertiary alicyclic amines) is 1. The van der Waals surface area contributed by atoms with E-state index in [0.29, 0.717) is 23.8 Å². The summed E-state index contributed by atoms with van der Waals surface area (Å²) in [5, 5.41) is 12.5. The molecule has 4 rings (SSSR count). The van der Waals surface area contributed by atoms with Crippen molar-refractivity contribution in [2.24, 2.45) is 0 Å². The lowest BCUT2D eigenvalue weighted by atomic mass is 9.98. The Morgan fingerprint density at radius 1 is 1.09 bits per heavy atom. The molecular formula is C24H26N4O3S. The van der Waals surface area contributed by atoms with Gasteiger partial charge in [-0.1, -0.05) is 41.7 Å². The molecule has 1 aliphatic heterocycles. The Morgan fingerprint density at radius 3 is 2.62 bits per heavy atom. The van der Waals surface area contributed by atoms with Crippen molar-refractivity contribution in [3.63, 3.8) is 0 Å². The Hall–Kier alpha value is -3.26. The number of rotatable bonds is 6. The molecule has 7 nitrogen and oxygen atoms in total. The molecule has 0 unspecified atom stereocenters. The SMILES string of the molecule is Cc1cccc(OCC(=O)N2CCC(c3nnc(C(=O)Nc4ccccc4C)s3)CC2)c1. The molecule has 2 amide bonds. The fraction of sp³-hybridized carbons (Fsp3) is 0.333. The number of piperidine rings is 1. The smallest absolute Gasteiger partial charge is 0.286 e. The highest BCUT2D eigenvalue weighted by atomic mass is 32.1. The van der Waals surface area contributed by atoms with Crippen LogP contribution in [0.2, 0.25) is 0 Å². The number of aromatic nitrogens is 2. The summed E-state index contributed by atoms with van der Waals surface area (Å²) >= 11 is 1.33. The van der Waals surface area contributed by atoms with Crippen molar-refractivity contribution in [3.05, 3.63) is 69.7 Å². The second-order valence-corrected chi connectivity index (χ2v) is 8.98. The van der Waals surface area contributed by atoms with Crippen LogP contribution in [0.3, 0.4) is 0 Å². The van der Waals surface area contributed by atoms with Crippen LogP contribution in [-0.2, 0) is 4.79 Å². The minimum absolute atomic E-state index is 0.0134. The van der Waals surface area contributed by atoms with Crippen LogP contribution in [0.1, 0.15) is 44.7 Å². The van der Waals surface area contributed by atoms with E-state index in [4.69, 9.17) is 4.74 Å². The summed E-state index contributed by atoms with van der Waals surface area (Å²) < 4.78 is 5.64. The van der Waals surface area contributed by atoms with Gasteiger partial charge in [0.05, 0.1) is 0 Å². The highest BCUT2D eigenvalue weighted by Gasteiger charge is 2.27. The van der Waals surface area contributed by atoms with E-state index in [2.05, 4.69) is 15.5 Å². The van der Waals surface area contributed by atoms with E-state index in [-0.39, 0.29) is 24.3 Å². The van der Waals surface area contributed by atoms with Crippen molar-refractivity contribution in [3.8, 4) is 5.75 Å². The van der Waals surface area contributed by atoms with Crippen LogP contribution in [0.5, 0.6) is 5.75 Å². The quantitative estimate of drug-likeness (QED) is 0.609. The first kappa shape index (κ1) is 22.0. The summed E-state index contributed by atoms with van der Waals surface area (Å²) in [5.74, 6) is 0.650. The number of nitrogens with one attached hydrogen (secondary N) is 1. The third kappa shape index (κ3) is 5.31. The van der Waals surface area contributed by atoms with Gasteiger partial charge in [-0.2, -0.15) is 0 Å². The predicted octanol–water partition coefficient (Wildman–Crippen LogP) is 4.19. The van der Waals surface area contributed by atoms with Crippen molar-refractivity contribution in [1.82, 2.24) is 15.1 Å². The van der Waals surface area contributed by atoms with Crippen molar-refractivity contribution < 1.29 is 14.3 Å². The van der Waals surface area contributed by atoms with Gasteiger partial charge in [0.15, 0.2) is 6.61 Å². The Morgan fingerprint density at radius 2 is 1.88 bits per heavy atom. The summed E-state index contributed by atoms with van der Waals surface area (Å²) in [6.07, 6.45) is 1.59. The van der Waals surface area contributed by atoms with E-state index >= 15 is 0 Å². The molecule has 1 aliphatic rings. The molecule has 1 saturated heterocycles. The average molecular weight is 451 g/mol. The van der Waals surface area contributed by atoms with Gasteiger partial charge in [0.1, 0.15) is 10.8 Å². The summed E-state index contributed by atoms with van der Waals surface area (Å²) in [6, 6.07) is 15.3. The van der Waals surface area contributed by atoms with Gasteiger partial charge in [0.25, 0.3) is 11.8 Å². The molecule has 1 fully saturated rings. The number of hydrogen-bond donors (Lipinski definition) is 1. The third-order valence-electron chi connectivity index (χ3n) is 5.58. The fourth-order valence-electron chi connectivity index (χ4n) is 3.70. The molecule has 2 aromatic carbocycles. The molecule has 1 N–H and O–H groups in total. The maximum Gasteiger partial charge on any atom is 0.286 e. The number of anilines is 1. The number of benzene rings is 2. The van der Waals surface area contributed by atoms with Crippen molar-refractivity contribution in [1.29, 1.82) is 0 Å². The molecule has 1 aromatic heterocycles. The minimum atomic E-state index is -0.246. The molecule has 0 radical (unpaired) electrons. The lowest BCUT2D eigenvalue weighted by Gasteiger charge is -2.30. The highest BCUT2D eigenvalue weighted by Crippen LogP contribution is 2.30. The second-order valence-electron chi connectivity index (χ2n) is 7.97. The molecule has 0 atom stereocenters. The standard InChI is InChI=1S/C24H26N4O3S/c1-16-6-5-8-19(14-16)31-15-21(29)28-12-10-18(11-13-28)23-26-27-24(32-23)22(30)25-20-9-4-3-7-17(20)2/h3-9,14,18H,10-13,15H2,1-2H3,(H,25,30). The first-order valence-electron chi connectivity index (χ1n) is 10.7. The maximum atomic E-state index is 12.5. The van der Waals surface area contributed by atoms with Gasteiger partial charge in [-0.05, 0) is 56.0 Å². The molecule has 32 heavy (non-hydrogen) atoms. The van der Waals surface area contributed by atoms with E-state index in [1.54, 1.807) is 0 Å². The number of amides is 2. The zero-order valence-electron chi connectivity index (χ0n) is 18.2. The van der Waals surface area contributed by atoms with Crippen LogP contribution < -0.4 is 10.1 Å². The monoisotopic (exact) mass is 450 g/mol. The third-order valence-corrected chi connectivity index (χ3v) is 6.66. The summed E-state index contributed by atoms with van der Waals surface area (Å²) in [7, 11) is 0. The number of para-hydroxylation sites is 1. The molecule has 166 valence electrons. The van der Waals surface area contributed by atoms with Gasteiger partial charge in [0.2, 0.25) is 5.01 Å². The maximum absolute atomic E-state index is 12.5. The highest BCUT2D eigenvalue weighted by molar-refractivity contribution is 7.13. The molecule has 2 heterocycles. The lowest BCUT2D eigenvalue weighted by molar-refractivity contribution is -0.134. The molecule has 0 saturated carbocycles. The van der Waals surface area contributed by atoms with E-state index in [1.807, 2.05) is 67.3 Å². The van der Waals surface area contributed by atoms with E-state index in [9.17, 15) is 9.59 Å². The summed E-state index contributed by atoms with van der Waals surface area (Å²) in [6.45, 7) is 5.26. The number of ether oxygens (including phenoxy) is 1. The number of nitrogens with zero attached hydrogens (tertiary/aromatic N) is 3. The Balaban J connectivity index is 1.28. The summed E-state index contributed by atoms with van der Waals surface area (Å²) in [5.41, 5.74) is 2.86. The molecule has 8 heteroatoms. The minimum Gasteiger partial charge on any atom is -0.484 e. The zero-order chi connectivity index (χ0) is 22.5. The lowest BCUT2D eigenvalue weighted by Crippen LogP contribution is -2.40. The van der Waals surface area contributed by atoms with Crippen LogP contribution in [0.25, 0.3) is 0 Å². The van der Waals surface area contributed by atoms with Gasteiger partial charge >= 0.3 is 0 Å². The Bertz CT molecular complexity index is 1110. The first-order chi connectivity index (χ1) is 15.5. The zero-order valence-corrected chi connectivity index (χ0v) is 19.0. The van der Waals surface area contributed by atoms with Crippen molar-refractivity contribution in [2.45, 2.75) is 32.6 Å². The molecule has 3 aromatic rings. The second kappa shape index (κ2) is 9.91. The van der Waals surface area contributed by atoms with Crippen LogP contribution in [0, 0.1) is 13.8 Å². The van der Waals surface area contributed by atoms with E-state index < -0.39 is 0 Å². The van der Waals surface area contributed by atoms with Crippen LogP contribution in [-0.4, -0.2) is 46.6 Å².